The second-order valence-electron chi connectivity index (χ2n) is 8.18. The van der Waals surface area contributed by atoms with Crippen molar-refractivity contribution in [1.29, 1.82) is 0 Å². The number of fused-ring (bicyclic) bond motifs is 1. The number of aryl methyl sites for hydroxylation is 1. The van der Waals surface area contributed by atoms with E-state index in [0.717, 1.165) is 49.0 Å². The predicted molar refractivity (Wildman–Crippen MR) is 121 cm³/mol. The molecule has 2 aromatic rings. The Morgan fingerprint density at radius 3 is 2.62 bits per heavy atom. The summed E-state index contributed by atoms with van der Waals surface area (Å²) in [5, 5.41) is 2.91. The molecule has 1 heterocycles. The summed E-state index contributed by atoms with van der Waals surface area (Å²) in [6, 6.07) is 15.3. The van der Waals surface area contributed by atoms with E-state index in [4.69, 9.17) is 4.74 Å². The zero-order valence-corrected chi connectivity index (χ0v) is 17.9. The van der Waals surface area contributed by atoms with Crippen LogP contribution in [0.3, 0.4) is 0 Å². The molecule has 2 aromatic carbocycles. The number of carbonyl (C=O) groups excluding carboxylic acids is 1. The largest absolute Gasteiger partial charge is 0.494 e. The van der Waals surface area contributed by atoms with Crippen molar-refractivity contribution < 1.29 is 9.53 Å². The summed E-state index contributed by atoms with van der Waals surface area (Å²) < 4.78 is 5.91. The molecule has 2 aliphatic rings. The van der Waals surface area contributed by atoms with Crippen LogP contribution in [0.5, 0.6) is 5.75 Å². The first-order valence-electron chi connectivity index (χ1n) is 11.1. The number of hydrogen-bond acceptors (Lipinski definition) is 3. The molecule has 1 amide bonds. The van der Waals surface area contributed by atoms with Crippen LogP contribution in [0.15, 0.2) is 47.4 Å². The summed E-state index contributed by atoms with van der Waals surface area (Å²) in [5.74, 6) is 2.93. The molecule has 3 nitrogen and oxygen atoms in total. The van der Waals surface area contributed by atoms with Gasteiger partial charge in [0, 0.05) is 17.0 Å². The normalized spacial score (nSPS) is 16.9. The summed E-state index contributed by atoms with van der Waals surface area (Å²) in [6.07, 6.45) is 10.5. The predicted octanol–water partition coefficient (Wildman–Crippen LogP) is 6.57. The Balaban J connectivity index is 1.14. The molecule has 29 heavy (non-hydrogen) atoms. The van der Waals surface area contributed by atoms with Crippen molar-refractivity contribution >= 4 is 23.4 Å². The number of carbonyl (C=O) groups is 1. The molecule has 0 atom stereocenters. The van der Waals surface area contributed by atoms with Crippen LogP contribution in [-0.2, 0) is 11.2 Å². The van der Waals surface area contributed by atoms with E-state index in [-0.39, 0.29) is 5.91 Å². The summed E-state index contributed by atoms with van der Waals surface area (Å²) in [4.78, 5) is 12.8. The third kappa shape index (κ3) is 5.79. The minimum Gasteiger partial charge on any atom is -0.494 e. The van der Waals surface area contributed by atoms with E-state index in [9.17, 15) is 4.79 Å². The first kappa shape index (κ1) is 20.3. The van der Waals surface area contributed by atoms with Crippen LogP contribution >= 0.6 is 11.8 Å². The van der Waals surface area contributed by atoms with Gasteiger partial charge in [-0.2, -0.15) is 0 Å². The van der Waals surface area contributed by atoms with Gasteiger partial charge in [-0.3, -0.25) is 4.79 Å². The van der Waals surface area contributed by atoms with Gasteiger partial charge >= 0.3 is 0 Å². The second-order valence-corrected chi connectivity index (χ2v) is 9.34. The molecule has 154 valence electrons. The molecule has 4 rings (SSSR count). The molecule has 1 fully saturated rings. The van der Waals surface area contributed by atoms with Crippen molar-refractivity contribution in [3.05, 3.63) is 53.6 Å². The number of benzene rings is 2. The first-order chi connectivity index (χ1) is 14.3. The van der Waals surface area contributed by atoms with Crippen LogP contribution in [0.2, 0.25) is 0 Å². The average molecular weight is 410 g/mol. The number of nitrogens with one attached hydrogen (secondary N) is 1. The molecule has 0 bridgehead atoms. The second kappa shape index (κ2) is 10.2. The third-order valence-electron chi connectivity index (χ3n) is 6.01. The number of rotatable bonds is 8. The Kier molecular flexibility index (Phi) is 7.15. The van der Waals surface area contributed by atoms with E-state index in [1.165, 1.54) is 48.1 Å². The van der Waals surface area contributed by atoms with Crippen molar-refractivity contribution in [1.82, 2.24) is 0 Å². The van der Waals surface area contributed by atoms with E-state index in [2.05, 4.69) is 35.6 Å². The lowest BCUT2D eigenvalue weighted by molar-refractivity contribution is -0.116. The highest BCUT2D eigenvalue weighted by Crippen LogP contribution is 2.33. The Morgan fingerprint density at radius 1 is 0.966 bits per heavy atom. The first-order valence-corrected chi connectivity index (χ1v) is 12.0. The maximum Gasteiger partial charge on any atom is 0.224 e. The Morgan fingerprint density at radius 2 is 1.79 bits per heavy atom. The molecule has 0 saturated heterocycles. The number of thioether (sulfide) groups is 1. The Labute approximate surface area is 178 Å². The summed E-state index contributed by atoms with van der Waals surface area (Å²) in [7, 11) is 0. The fourth-order valence-electron chi connectivity index (χ4n) is 4.31. The lowest BCUT2D eigenvalue weighted by Crippen LogP contribution is -2.18. The van der Waals surface area contributed by atoms with Gasteiger partial charge in [-0.05, 0) is 85.2 Å². The van der Waals surface area contributed by atoms with Crippen LogP contribution in [0.4, 0.5) is 5.69 Å². The standard InChI is InChI=1S/C25H31NO2S/c27-25-15-10-21-18-22(11-14-24(21)26-25)28-16-4-5-17-29-23-12-8-20(9-13-23)19-6-2-1-3-7-19/h8-9,11-14,18-19H,1-7,10,15-17H2,(H,26,27). The van der Waals surface area contributed by atoms with E-state index in [0.29, 0.717) is 6.42 Å². The zero-order valence-electron chi connectivity index (χ0n) is 17.1. The van der Waals surface area contributed by atoms with E-state index >= 15 is 0 Å². The molecule has 0 spiro atoms. The molecule has 0 radical (unpaired) electrons. The van der Waals surface area contributed by atoms with Gasteiger partial charge in [0.2, 0.25) is 5.91 Å². The Hall–Kier alpha value is -1.94. The fraction of sp³-hybridized carbons (Fsp3) is 0.480. The van der Waals surface area contributed by atoms with Crippen molar-refractivity contribution in [2.24, 2.45) is 0 Å². The van der Waals surface area contributed by atoms with Gasteiger partial charge < -0.3 is 10.1 Å². The summed E-state index contributed by atoms with van der Waals surface area (Å²) >= 11 is 1.95. The molecule has 1 aliphatic carbocycles. The van der Waals surface area contributed by atoms with Gasteiger partial charge in [0.25, 0.3) is 0 Å². The third-order valence-corrected chi connectivity index (χ3v) is 7.10. The van der Waals surface area contributed by atoms with Crippen LogP contribution < -0.4 is 10.1 Å². The van der Waals surface area contributed by atoms with Crippen LogP contribution in [0.1, 0.15) is 68.4 Å². The molecular formula is C25H31NO2S. The lowest BCUT2D eigenvalue weighted by Gasteiger charge is -2.22. The highest BCUT2D eigenvalue weighted by molar-refractivity contribution is 7.99. The highest BCUT2D eigenvalue weighted by atomic mass is 32.2. The van der Waals surface area contributed by atoms with Gasteiger partial charge in [-0.25, -0.2) is 0 Å². The van der Waals surface area contributed by atoms with Gasteiger partial charge in [-0.15, -0.1) is 11.8 Å². The van der Waals surface area contributed by atoms with Gasteiger partial charge in [0.15, 0.2) is 0 Å². The number of amides is 1. The minimum absolute atomic E-state index is 0.104. The number of unbranched alkanes of at least 4 members (excludes halogenated alkanes) is 1. The van der Waals surface area contributed by atoms with E-state index in [1.807, 2.05) is 23.9 Å². The number of hydrogen-bond donors (Lipinski definition) is 1. The molecule has 1 aliphatic heterocycles. The average Bonchev–Trinajstić information content (AvgIpc) is 2.77. The van der Waals surface area contributed by atoms with Crippen molar-refractivity contribution in [2.75, 3.05) is 17.7 Å². The van der Waals surface area contributed by atoms with Crippen molar-refractivity contribution in [3.63, 3.8) is 0 Å². The smallest absolute Gasteiger partial charge is 0.224 e. The fourth-order valence-corrected chi connectivity index (χ4v) is 5.22. The maximum absolute atomic E-state index is 11.4. The summed E-state index contributed by atoms with van der Waals surface area (Å²) in [5.41, 5.74) is 3.64. The van der Waals surface area contributed by atoms with Gasteiger partial charge in [0.05, 0.1) is 6.61 Å². The SMILES string of the molecule is O=C1CCc2cc(OCCCCSc3ccc(C4CCCCC4)cc3)ccc2N1. The van der Waals surface area contributed by atoms with Gasteiger partial charge in [0.1, 0.15) is 5.75 Å². The number of ether oxygens (including phenoxy) is 1. The van der Waals surface area contributed by atoms with Crippen LogP contribution in [0, 0.1) is 0 Å². The zero-order chi connectivity index (χ0) is 19.9. The molecule has 1 N–H and O–H groups in total. The molecule has 4 heteroatoms. The van der Waals surface area contributed by atoms with E-state index < -0.39 is 0 Å². The molecule has 0 aromatic heterocycles. The molecule has 0 unspecified atom stereocenters. The van der Waals surface area contributed by atoms with Crippen molar-refractivity contribution in [3.8, 4) is 5.75 Å². The Bertz CT molecular complexity index is 812. The number of anilines is 1. The van der Waals surface area contributed by atoms with Crippen LogP contribution in [-0.4, -0.2) is 18.3 Å². The topological polar surface area (TPSA) is 38.3 Å². The molecular weight excluding hydrogens is 378 g/mol. The highest BCUT2D eigenvalue weighted by Gasteiger charge is 2.16. The lowest BCUT2D eigenvalue weighted by atomic mass is 9.84. The molecule has 1 saturated carbocycles. The van der Waals surface area contributed by atoms with E-state index in [1.54, 1.807) is 0 Å². The summed E-state index contributed by atoms with van der Waals surface area (Å²) in [6.45, 7) is 0.742. The minimum atomic E-state index is 0.104. The van der Waals surface area contributed by atoms with Crippen molar-refractivity contribution in [2.45, 2.75) is 68.6 Å². The monoisotopic (exact) mass is 409 g/mol. The quantitative estimate of drug-likeness (QED) is 0.396. The maximum atomic E-state index is 11.4. The van der Waals surface area contributed by atoms with Gasteiger partial charge in [-0.1, -0.05) is 31.4 Å². The van der Waals surface area contributed by atoms with Crippen LogP contribution in [0.25, 0.3) is 0 Å².